The van der Waals surface area contributed by atoms with E-state index in [1.807, 2.05) is 33.3 Å². The van der Waals surface area contributed by atoms with Gasteiger partial charge in [0.05, 0.1) is 27.7 Å². The van der Waals surface area contributed by atoms with E-state index in [4.69, 9.17) is 18.5 Å². The number of esters is 2. The van der Waals surface area contributed by atoms with Crippen molar-refractivity contribution in [3.63, 3.8) is 0 Å². The lowest BCUT2D eigenvalue weighted by Crippen LogP contribution is -2.37. The summed E-state index contributed by atoms with van der Waals surface area (Å²) >= 11 is 0. The highest BCUT2D eigenvalue weighted by Gasteiger charge is 2.27. The fourth-order valence-corrected chi connectivity index (χ4v) is 6.31. The van der Waals surface area contributed by atoms with Crippen molar-refractivity contribution in [2.24, 2.45) is 0 Å². The monoisotopic (exact) mass is 821 g/mol. The molecule has 2 atom stereocenters. The van der Waals surface area contributed by atoms with Gasteiger partial charge in [-0.25, -0.2) is 4.57 Å². The highest BCUT2D eigenvalue weighted by molar-refractivity contribution is 7.47. The number of phosphoric ester groups is 1. The van der Waals surface area contributed by atoms with Crippen molar-refractivity contribution in [3.8, 4) is 0 Å². The molecule has 0 rings (SSSR count). The van der Waals surface area contributed by atoms with E-state index >= 15 is 0 Å². The summed E-state index contributed by atoms with van der Waals surface area (Å²) in [6, 6.07) is 0. The van der Waals surface area contributed by atoms with Crippen LogP contribution in [0.25, 0.3) is 0 Å². The number of carbonyl (C=O) groups is 2. The number of allylic oxidation sites excluding steroid dienone is 12. The van der Waals surface area contributed by atoms with Crippen LogP contribution in [0.15, 0.2) is 72.9 Å². The van der Waals surface area contributed by atoms with E-state index in [1.54, 1.807) is 0 Å². The minimum Gasteiger partial charge on any atom is -0.462 e. The maximum atomic E-state index is 12.7. The number of ether oxygens (including phenoxy) is 2. The van der Waals surface area contributed by atoms with Crippen LogP contribution in [0.1, 0.15) is 162 Å². The van der Waals surface area contributed by atoms with Crippen molar-refractivity contribution in [1.29, 1.82) is 0 Å². The quantitative estimate of drug-likeness (QED) is 0.0215. The summed E-state index contributed by atoms with van der Waals surface area (Å²) in [5, 5.41) is 0. The van der Waals surface area contributed by atoms with Crippen LogP contribution in [0.3, 0.4) is 0 Å². The average Bonchev–Trinajstić information content (AvgIpc) is 3.16. The molecule has 0 radical (unpaired) electrons. The summed E-state index contributed by atoms with van der Waals surface area (Å²) in [6.07, 6.45) is 48.2. The fraction of sp³-hybridized carbons (Fsp3) is 0.702. The summed E-state index contributed by atoms with van der Waals surface area (Å²) in [4.78, 5) is 35.3. The van der Waals surface area contributed by atoms with Crippen molar-refractivity contribution in [2.75, 3.05) is 47.5 Å². The number of carbonyl (C=O) groups excluding carboxylic acids is 2. The molecule has 0 spiro atoms. The van der Waals surface area contributed by atoms with E-state index in [2.05, 4.69) is 74.6 Å². The topological polar surface area (TPSA) is 108 Å². The Bertz CT molecular complexity index is 1200. The Hall–Kier alpha value is -2.55. The van der Waals surface area contributed by atoms with E-state index in [0.29, 0.717) is 17.4 Å². The van der Waals surface area contributed by atoms with Crippen molar-refractivity contribution in [1.82, 2.24) is 0 Å². The molecule has 0 aromatic carbocycles. The molecule has 0 saturated carbocycles. The Morgan fingerprint density at radius 1 is 0.561 bits per heavy atom. The van der Waals surface area contributed by atoms with Crippen LogP contribution in [0, 0.1) is 0 Å². The molecule has 0 heterocycles. The van der Waals surface area contributed by atoms with Gasteiger partial charge >= 0.3 is 19.8 Å². The molecule has 0 aromatic heterocycles. The number of rotatable bonds is 39. The van der Waals surface area contributed by atoms with Gasteiger partial charge in [-0.05, 0) is 51.4 Å². The first kappa shape index (κ1) is 54.5. The predicted molar refractivity (Wildman–Crippen MR) is 238 cm³/mol. The Morgan fingerprint density at radius 2 is 1.00 bits per heavy atom. The molecular weight excluding hydrogens is 737 g/mol. The van der Waals surface area contributed by atoms with Crippen LogP contribution in [0.2, 0.25) is 0 Å². The first-order valence-electron chi connectivity index (χ1n) is 22.2. The van der Waals surface area contributed by atoms with Gasteiger partial charge in [0.25, 0.3) is 0 Å². The number of nitrogens with zero attached hydrogens (tertiary/aromatic N) is 1. The molecule has 1 N–H and O–H groups in total. The van der Waals surface area contributed by atoms with Crippen LogP contribution in [0.4, 0.5) is 0 Å². The third-order valence-corrected chi connectivity index (χ3v) is 10.00. The summed E-state index contributed by atoms with van der Waals surface area (Å²) in [5.41, 5.74) is 0. The van der Waals surface area contributed by atoms with E-state index in [9.17, 15) is 19.0 Å². The van der Waals surface area contributed by atoms with Gasteiger partial charge in [-0.15, -0.1) is 0 Å². The molecule has 0 aliphatic heterocycles. The van der Waals surface area contributed by atoms with Gasteiger partial charge in [-0.3, -0.25) is 18.6 Å². The third kappa shape index (κ3) is 42.9. The molecule has 57 heavy (non-hydrogen) atoms. The molecule has 1 unspecified atom stereocenters. The van der Waals surface area contributed by atoms with Gasteiger partial charge < -0.3 is 18.9 Å². The lowest BCUT2D eigenvalue weighted by molar-refractivity contribution is -0.870. The first-order valence-corrected chi connectivity index (χ1v) is 23.7. The van der Waals surface area contributed by atoms with Crippen LogP contribution in [-0.4, -0.2) is 74.9 Å². The maximum Gasteiger partial charge on any atom is 0.472 e. The smallest absolute Gasteiger partial charge is 0.462 e. The van der Waals surface area contributed by atoms with Gasteiger partial charge in [0.1, 0.15) is 19.8 Å². The summed E-state index contributed by atoms with van der Waals surface area (Å²) in [6.45, 7) is 4.21. The Kier molecular flexibility index (Phi) is 37.2. The second-order valence-electron chi connectivity index (χ2n) is 15.7. The molecular formula is C47H83NO8P+. The van der Waals surface area contributed by atoms with Crippen molar-refractivity contribution in [2.45, 2.75) is 168 Å². The zero-order valence-electron chi connectivity index (χ0n) is 36.8. The molecule has 0 amide bonds. The molecule has 0 fully saturated rings. The molecule has 10 heteroatoms. The van der Waals surface area contributed by atoms with Crippen LogP contribution >= 0.6 is 7.82 Å². The SMILES string of the molecule is CC/C=C\C/C=C\C/C=C\C/C=C\C/C=C\C/C=C\CCC(=O)O[C@H](COC(=O)CCCCCCCCCCCCCCCC)COP(=O)(O)OCC[N+](C)(C)C. The van der Waals surface area contributed by atoms with Crippen molar-refractivity contribution in [3.05, 3.63) is 72.9 Å². The molecule has 0 bridgehead atoms. The molecule has 0 aliphatic carbocycles. The maximum absolute atomic E-state index is 12.7. The molecule has 0 saturated heterocycles. The number of hydrogen-bond acceptors (Lipinski definition) is 7. The van der Waals surface area contributed by atoms with Crippen LogP contribution in [-0.2, 0) is 32.7 Å². The number of quaternary nitrogens is 1. The molecule has 328 valence electrons. The van der Waals surface area contributed by atoms with Gasteiger partial charge in [-0.2, -0.15) is 0 Å². The molecule has 0 aliphatic rings. The summed E-state index contributed by atoms with van der Waals surface area (Å²) < 4.78 is 34.2. The van der Waals surface area contributed by atoms with Gasteiger partial charge in [0.15, 0.2) is 6.10 Å². The van der Waals surface area contributed by atoms with Crippen LogP contribution < -0.4 is 0 Å². The number of hydrogen-bond donors (Lipinski definition) is 1. The van der Waals surface area contributed by atoms with Gasteiger partial charge in [0.2, 0.25) is 0 Å². The molecule has 9 nitrogen and oxygen atoms in total. The van der Waals surface area contributed by atoms with Crippen LogP contribution in [0.5, 0.6) is 0 Å². The first-order chi connectivity index (χ1) is 27.5. The predicted octanol–water partition coefficient (Wildman–Crippen LogP) is 12.6. The Labute approximate surface area is 348 Å². The normalized spacial score (nSPS) is 14.3. The summed E-state index contributed by atoms with van der Waals surface area (Å²) in [5.74, 6) is -0.899. The highest BCUT2D eigenvalue weighted by Crippen LogP contribution is 2.43. The van der Waals surface area contributed by atoms with E-state index in [0.717, 1.165) is 57.8 Å². The second kappa shape index (κ2) is 38.9. The third-order valence-electron chi connectivity index (χ3n) is 9.01. The standard InChI is InChI=1S/C47H82NO8P/c1-6-8-10-12-14-16-18-20-22-23-24-25-26-28-30-32-34-36-38-40-47(50)56-45(44-55-57(51,52)54-42-41-48(3,4)5)43-53-46(49)39-37-35-33-31-29-27-21-19-17-15-13-11-9-7-2/h8,10,14,16,20,22,24-25,28,30,34,36,45H,6-7,9,11-13,15,17-19,21,23,26-27,29,31-33,35,37-44H2,1-5H3/p+1/b10-8-,16-14-,22-20-,25-24-,30-28-,36-34-/t45-/m1/s1. The number of phosphoric acid groups is 1. The van der Waals surface area contributed by atoms with E-state index < -0.39 is 26.5 Å². The zero-order valence-corrected chi connectivity index (χ0v) is 37.7. The Morgan fingerprint density at radius 3 is 1.46 bits per heavy atom. The number of unbranched alkanes of at least 4 members (excludes halogenated alkanes) is 13. The minimum absolute atomic E-state index is 0.0157. The van der Waals surface area contributed by atoms with Gasteiger partial charge in [0, 0.05) is 12.8 Å². The Balaban J connectivity index is 4.50. The number of likely N-dealkylation sites (N-methyl/N-ethyl adjacent to an activating group) is 1. The minimum atomic E-state index is -4.40. The van der Waals surface area contributed by atoms with E-state index in [-0.39, 0.29) is 32.0 Å². The summed E-state index contributed by atoms with van der Waals surface area (Å²) in [7, 11) is 1.42. The largest absolute Gasteiger partial charge is 0.472 e. The van der Waals surface area contributed by atoms with Crippen molar-refractivity contribution < 1.29 is 42.1 Å². The fourth-order valence-electron chi connectivity index (χ4n) is 5.57. The second-order valence-corrected chi connectivity index (χ2v) is 17.2. The highest BCUT2D eigenvalue weighted by atomic mass is 31.2. The average molecular weight is 821 g/mol. The van der Waals surface area contributed by atoms with E-state index in [1.165, 1.54) is 70.6 Å². The lowest BCUT2D eigenvalue weighted by atomic mass is 10.0. The van der Waals surface area contributed by atoms with Crippen molar-refractivity contribution >= 4 is 19.8 Å². The lowest BCUT2D eigenvalue weighted by Gasteiger charge is -2.24. The molecule has 0 aromatic rings. The van der Waals surface area contributed by atoms with Gasteiger partial charge in [-0.1, -0.05) is 170 Å². The zero-order chi connectivity index (χ0) is 42.1.